The van der Waals surface area contributed by atoms with Crippen LogP contribution >= 0.6 is 0 Å². The molecule has 2 aromatic heterocycles. The van der Waals surface area contributed by atoms with Gasteiger partial charge in [0.05, 0.1) is 11.3 Å². The van der Waals surface area contributed by atoms with Gasteiger partial charge >= 0.3 is 6.03 Å². The third-order valence-corrected chi connectivity index (χ3v) is 5.56. The highest BCUT2D eigenvalue weighted by molar-refractivity contribution is 5.96. The molecule has 0 unspecified atom stereocenters. The van der Waals surface area contributed by atoms with Crippen molar-refractivity contribution in [2.45, 2.75) is 26.7 Å². The molecule has 2 aliphatic heterocycles. The molecule has 8 nitrogen and oxygen atoms in total. The number of furan rings is 1. The summed E-state index contributed by atoms with van der Waals surface area (Å²) in [5.74, 6) is 2.16. The number of anilines is 2. The van der Waals surface area contributed by atoms with E-state index in [9.17, 15) is 9.59 Å². The Morgan fingerprint density at radius 1 is 1.03 bits per heavy atom. The lowest BCUT2D eigenvalue weighted by molar-refractivity contribution is 0.0670. The minimum absolute atomic E-state index is 0.0389. The molecule has 4 rings (SSSR count). The van der Waals surface area contributed by atoms with E-state index >= 15 is 0 Å². The molecule has 0 aliphatic carbocycles. The van der Waals surface area contributed by atoms with Gasteiger partial charge in [-0.1, -0.05) is 0 Å². The average molecular weight is 397 g/mol. The molecule has 1 N–H and O–H groups in total. The van der Waals surface area contributed by atoms with E-state index in [0.29, 0.717) is 37.5 Å². The molecule has 0 atom stereocenters. The van der Waals surface area contributed by atoms with Crippen LogP contribution in [0.5, 0.6) is 0 Å². The van der Waals surface area contributed by atoms with Crippen molar-refractivity contribution in [3.63, 3.8) is 0 Å². The SMILES string of the molecule is Cc1cc(C(=O)N2CCN(C(=O)Nc3cccnc3N3CCCC3)CC2)c(C)o1. The highest BCUT2D eigenvalue weighted by Gasteiger charge is 2.27. The molecule has 0 radical (unpaired) electrons. The van der Waals surface area contributed by atoms with Crippen molar-refractivity contribution >= 4 is 23.4 Å². The first-order chi connectivity index (χ1) is 14.0. The van der Waals surface area contributed by atoms with Gasteiger partial charge in [0.2, 0.25) is 0 Å². The second-order valence-electron chi connectivity index (χ2n) is 7.61. The molecular formula is C21H27N5O3. The summed E-state index contributed by atoms with van der Waals surface area (Å²) >= 11 is 0. The van der Waals surface area contributed by atoms with E-state index < -0.39 is 0 Å². The molecule has 2 saturated heterocycles. The van der Waals surface area contributed by atoms with Crippen molar-refractivity contribution in [1.82, 2.24) is 14.8 Å². The fourth-order valence-corrected chi connectivity index (χ4v) is 4.00. The Bertz CT molecular complexity index is 895. The number of urea groups is 1. The first kappa shape index (κ1) is 19.3. The molecule has 0 spiro atoms. The number of hydrogen-bond acceptors (Lipinski definition) is 5. The number of nitrogens with zero attached hydrogens (tertiary/aromatic N) is 4. The summed E-state index contributed by atoms with van der Waals surface area (Å²) in [5, 5.41) is 3.01. The van der Waals surface area contributed by atoms with Crippen LogP contribution in [0.25, 0.3) is 0 Å². The van der Waals surface area contributed by atoms with Crippen molar-refractivity contribution in [2.75, 3.05) is 49.5 Å². The molecule has 0 aromatic carbocycles. The van der Waals surface area contributed by atoms with Gasteiger partial charge in [0.25, 0.3) is 5.91 Å². The zero-order chi connectivity index (χ0) is 20.4. The Balaban J connectivity index is 1.36. The predicted octanol–water partition coefficient (Wildman–Crippen LogP) is 2.88. The van der Waals surface area contributed by atoms with Crippen LogP contribution in [0.2, 0.25) is 0 Å². The fraction of sp³-hybridized carbons (Fsp3) is 0.476. The smallest absolute Gasteiger partial charge is 0.322 e. The first-order valence-corrected chi connectivity index (χ1v) is 10.1. The maximum absolute atomic E-state index is 12.8. The zero-order valence-corrected chi connectivity index (χ0v) is 17.0. The summed E-state index contributed by atoms with van der Waals surface area (Å²) in [5.41, 5.74) is 1.34. The number of rotatable bonds is 3. The Labute approximate surface area is 170 Å². The highest BCUT2D eigenvalue weighted by atomic mass is 16.3. The van der Waals surface area contributed by atoms with Crippen LogP contribution in [0.1, 0.15) is 34.7 Å². The van der Waals surface area contributed by atoms with Gasteiger partial charge in [-0.2, -0.15) is 0 Å². The fourth-order valence-electron chi connectivity index (χ4n) is 4.00. The van der Waals surface area contributed by atoms with Crippen LogP contribution in [0, 0.1) is 13.8 Å². The van der Waals surface area contributed by atoms with Gasteiger partial charge in [0.1, 0.15) is 11.5 Å². The average Bonchev–Trinajstić information content (AvgIpc) is 3.37. The number of carbonyl (C=O) groups excluding carboxylic acids is 2. The molecule has 154 valence electrons. The van der Waals surface area contributed by atoms with Crippen LogP contribution in [0.4, 0.5) is 16.3 Å². The molecule has 2 fully saturated rings. The van der Waals surface area contributed by atoms with Crippen molar-refractivity contribution in [3.8, 4) is 0 Å². The van der Waals surface area contributed by atoms with E-state index in [2.05, 4.69) is 15.2 Å². The van der Waals surface area contributed by atoms with Gasteiger partial charge in [-0.25, -0.2) is 9.78 Å². The van der Waals surface area contributed by atoms with Gasteiger partial charge in [0, 0.05) is 45.5 Å². The van der Waals surface area contributed by atoms with Gasteiger partial charge in [-0.3, -0.25) is 4.79 Å². The topological polar surface area (TPSA) is 81.9 Å². The molecule has 29 heavy (non-hydrogen) atoms. The second-order valence-corrected chi connectivity index (χ2v) is 7.61. The minimum Gasteiger partial charge on any atom is -0.466 e. The van der Waals surface area contributed by atoms with Gasteiger partial charge in [-0.15, -0.1) is 0 Å². The summed E-state index contributed by atoms with van der Waals surface area (Å²) in [6, 6.07) is 5.35. The Hall–Kier alpha value is -3.03. The summed E-state index contributed by atoms with van der Waals surface area (Å²) in [6.45, 7) is 7.56. The van der Waals surface area contributed by atoms with E-state index in [4.69, 9.17) is 4.42 Å². The molecule has 3 amide bonds. The highest BCUT2D eigenvalue weighted by Crippen LogP contribution is 2.26. The van der Waals surface area contributed by atoms with Crippen molar-refractivity contribution in [1.29, 1.82) is 0 Å². The summed E-state index contributed by atoms with van der Waals surface area (Å²) < 4.78 is 5.47. The van der Waals surface area contributed by atoms with Gasteiger partial charge in [0.15, 0.2) is 5.82 Å². The van der Waals surface area contributed by atoms with E-state index in [0.717, 1.165) is 43.2 Å². The number of hydrogen-bond donors (Lipinski definition) is 1. The number of pyridine rings is 1. The third-order valence-electron chi connectivity index (χ3n) is 5.56. The Morgan fingerprint density at radius 2 is 1.72 bits per heavy atom. The molecule has 2 aromatic rings. The van der Waals surface area contributed by atoms with Crippen molar-refractivity contribution in [3.05, 3.63) is 41.5 Å². The van der Waals surface area contributed by atoms with E-state index in [1.54, 1.807) is 29.0 Å². The Morgan fingerprint density at radius 3 is 2.38 bits per heavy atom. The number of carbonyl (C=O) groups is 2. The molecule has 0 saturated carbocycles. The molecule has 4 heterocycles. The lowest BCUT2D eigenvalue weighted by Gasteiger charge is -2.34. The number of nitrogens with one attached hydrogen (secondary N) is 1. The second kappa shape index (κ2) is 8.14. The maximum Gasteiger partial charge on any atom is 0.322 e. The lowest BCUT2D eigenvalue weighted by atomic mass is 10.2. The summed E-state index contributed by atoms with van der Waals surface area (Å²) in [4.78, 5) is 35.7. The van der Waals surface area contributed by atoms with Gasteiger partial charge < -0.3 is 24.4 Å². The zero-order valence-electron chi connectivity index (χ0n) is 17.0. The van der Waals surface area contributed by atoms with Gasteiger partial charge in [-0.05, 0) is 44.9 Å². The number of piperazine rings is 1. The lowest BCUT2D eigenvalue weighted by Crippen LogP contribution is -2.51. The largest absolute Gasteiger partial charge is 0.466 e. The van der Waals surface area contributed by atoms with Crippen LogP contribution < -0.4 is 10.2 Å². The summed E-state index contributed by atoms with van der Waals surface area (Å²) in [6.07, 6.45) is 4.05. The van der Waals surface area contributed by atoms with E-state index in [1.165, 1.54) is 0 Å². The van der Waals surface area contributed by atoms with Crippen molar-refractivity contribution < 1.29 is 14.0 Å². The number of aryl methyl sites for hydroxylation is 2. The number of aromatic nitrogens is 1. The van der Waals surface area contributed by atoms with E-state index in [1.807, 2.05) is 19.1 Å². The van der Waals surface area contributed by atoms with Crippen LogP contribution in [0.15, 0.2) is 28.8 Å². The Kier molecular flexibility index (Phi) is 5.42. The standard InChI is InChI=1S/C21H27N5O3/c1-15-14-17(16(2)29-15)20(27)25-10-12-26(13-11-25)21(28)23-18-6-5-7-22-19(18)24-8-3-4-9-24/h5-7,14H,3-4,8-13H2,1-2H3,(H,23,28). The minimum atomic E-state index is -0.152. The molecule has 2 aliphatic rings. The normalized spacial score (nSPS) is 17.0. The quantitative estimate of drug-likeness (QED) is 0.861. The monoisotopic (exact) mass is 397 g/mol. The third kappa shape index (κ3) is 4.06. The maximum atomic E-state index is 12.8. The van der Waals surface area contributed by atoms with Crippen molar-refractivity contribution in [2.24, 2.45) is 0 Å². The number of amides is 3. The van der Waals surface area contributed by atoms with Crippen LogP contribution in [-0.2, 0) is 0 Å². The molecule has 0 bridgehead atoms. The molecular weight excluding hydrogens is 370 g/mol. The first-order valence-electron chi connectivity index (χ1n) is 10.1. The summed E-state index contributed by atoms with van der Waals surface area (Å²) in [7, 11) is 0. The van der Waals surface area contributed by atoms with Crippen LogP contribution in [0.3, 0.4) is 0 Å². The predicted molar refractivity (Wildman–Crippen MR) is 110 cm³/mol. The molecule has 8 heteroatoms. The van der Waals surface area contributed by atoms with E-state index in [-0.39, 0.29) is 11.9 Å². The van der Waals surface area contributed by atoms with Crippen LogP contribution in [-0.4, -0.2) is 66.0 Å².